The molecule has 0 aliphatic heterocycles. The second kappa shape index (κ2) is 21.6. The molecule has 8 nitrogen and oxygen atoms in total. The zero-order valence-electron chi connectivity index (χ0n) is 23.7. The number of allylic oxidation sites excluding steroid dienone is 6. The third-order valence-electron chi connectivity index (χ3n) is 5.61. The Kier molecular flexibility index (Phi) is 20.2. The van der Waals surface area contributed by atoms with E-state index in [0.717, 1.165) is 44.9 Å². The Morgan fingerprint density at radius 1 is 0.838 bits per heavy atom. The van der Waals surface area contributed by atoms with Crippen LogP contribution in [0, 0.1) is 0 Å². The SMILES string of the molecule is CC/C=C\C/C=C\C/C=C\CCCCCC(=O)OC(COCCC(C(=O)O)[N+](C)(C)C)COC(=O)CC. The van der Waals surface area contributed by atoms with E-state index in [4.69, 9.17) is 14.2 Å². The molecular weight excluding hydrogens is 474 g/mol. The minimum atomic E-state index is -0.890. The molecular formula is C29H50NO7+. The van der Waals surface area contributed by atoms with Crippen molar-refractivity contribution in [2.45, 2.75) is 90.2 Å². The Morgan fingerprint density at radius 3 is 2.08 bits per heavy atom. The Hall–Kier alpha value is -2.45. The number of carboxylic acid groups (broad SMARTS) is 1. The van der Waals surface area contributed by atoms with E-state index in [2.05, 4.69) is 43.4 Å². The maximum absolute atomic E-state index is 12.3. The molecule has 0 saturated heterocycles. The number of carboxylic acids is 1. The van der Waals surface area contributed by atoms with Crippen LogP contribution < -0.4 is 0 Å². The number of nitrogens with zero attached hydrogens (tertiary/aromatic N) is 1. The Balaban J connectivity index is 4.30. The van der Waals surface area contributed by atoms with Gasteiger partial charge in [-0.15, -0.1) is 0 Å². The number of rotatable bonds is 22. The van der Waals surface area contributed by atoms with Gasteiger partial charge in [0.2, 0.25) is 0 Å². The molecule has 0 aliphatic rings. The van der Waals surface area contributed by atoms with Crippen LogP contribution in [-0.2, 0) is 28.6 Å². The molecule has 0 bridgehead atoms. The molecule has 8 heteroatoms. The fraction of sp³-hybridized carbons (Fsp3) is 0.690. The molecule has 0 rings (SSSR count). The van der Waals surface area contributed by atoms with Crippen LogP contribution in [0.25, 0.3) is 0 Å². The molecule has 0 aromatic rings. The van der Waals surface area contributed by atoms with E-state index in [1.807, 2.05) is 21.1 Å². The average molecular weight is 525 g/mol. The first-order chi connectivity index (χ1) is 17.6. The van der Waals surface area contributed by atoms with Gasteiger partial charge in [0, 0.05) is 19.3 Å². The molecule has 0 fully saturated rings. The molecule has 0 heterocycles. The molecule has 1 N–H and O–H groups in total. The van der Waals surface area contributed by atoms with Crippen molar-refractivity contribution in [3.8, 4) is 0 Å². The number of hydrogen-bond donors (Lipinski definition) is 1. The number of carbonyl (C=O) groups excluding carboxylic acids is 2. The van der Waals surface area contributed by atoms with Gasteiger partial charge in [0.25, 0.3) is 0 Å². The highest BCUT2D eigenvalue weighted by Gasteiger charge is 2.31. The summed E-state index contributed by atoms with van der Waals surface area (Å²) in [7, 11) is 5.45. The van der Waals surface area contributed by atoms with Gasteiger partial charge in [-0.25, -0.2) is 4.79 Å². The summed E-state index contributed by atoms with van der Waals surface area (Å²) in [5, 5.41) is 9.42. The minimum absolute atomic E-state index is 0.0420. The van der Waals surface area contributed by atoms with Gasteiger partial charge in [0.1, 0.15) is 6.61 Å². The third kappa shape index (κ3) is 20.3. The Labute approximate surface area is 223 Å². The van der Waals surface area contributed by atoms with Crippen LogP contribution in [0.4, 0.5) is 0 Å². The number of hydrogen-bond acceptors (Lipinski definition) is 6. The number of aliphatic carboxylic acids is 1. The van der Waals surface area contributed by atoms with E-state index in [-0.39, 0.29) is 42.7 Å². The lowest BCUT2D eigenvalue weighted by Gasteiger charge is -2.31. The molecule has 37 heavy (non-hydrogen) atoms. The standard InChI is InChI=1S/C29H49NO7/c1-6-8-9-10-11-12-13-14-15-16-17-18-19-20-28(32)37-25(24-36-27(31)7-2)23-35-22-21-26(29(33)34)30(3,4)5/h8-9,11-12,14-15,25-26H,6-7,10,13,16-24H2,1-5H3/p+1/b9-8-,12-11-,15-14-. The van der Waals surface area contributed by atoms with E-state index in [1.54, 1.807) is 6.92 Å². The molecule has 0 saturated carbocycles. The molecule has 0 spiro atoms. The summed E-state index contributed by atoms with van der Waals surface area (Å²) >= 11 is 0. The summed E-state index contributed by atoms with van der Waals surface area (Å²) in [5.41, 5.74) is 0. The fourth-order valence-corrected chi connectivity index (χ4v) is 3.44. The number of likely N-dealkylation sites (N-methyl/N-ethyl adjacent to an activating group) is 1. The predicted octanol–water partition coefficient (Wildman–Crippen LogP) is 5.23. The quantitative estimate of drug-likeness (QED) is 0.0896. The second-order valence-electron chi connectivity index (χ2n) is 9.88. The van der Waals surface area contributed by atoms with Crippen molar-refractivity contribution in [3.63, 3.8) is 0 Å². The van der Waals surface area contributed by atoms with E-state index in [0.29, 0.717) is 12.8 Å². The summed E-state index contributed by atoms with van der Waals surface area (Å²) in [6, 6.07) is -0.613. The predicted molar refractivity (Wildman–Crippen MR) is 146 cm³/mol. The largest absolute Gasteiger partial charge is 0.477 e. The van der Waals surface area contributed by atoms with Crippen molar-refractivity contribution in [1.82, 2.24) is 0 Å². The van der Waals surface area contributed by atoms with Gasteiger partial charge in [-0.1, -0.05) is 56.7 Å². The Morgan fingerprint density at radius 2 is 1.49 bits per heavy atom. The van der Waals surface area contributed by atoms with E-state index >= 15 is 0 Å². The van der Waals surface area contributed by atoms with Gasteiger partial charge in [-0.05, 0) is 38.5 Å². The highest BCUT2D eigenvalue weighted by atomic mass is 16.6. The first kappa shape index (κ1) is 34.6. The van der Waals surface area contributed by atoms with Gasteiger partial charge in [0.05, 0.1) is 34.4 Å². The molecule has 0 aromatic heterocycles. The lowest BCUT2D eigenvalue weighted by atomic mass is 10.1. The van der Waals surface area contributed by atoms with Crippen LogP contribution in [0.2, 0.25) is 0 Å². The van der Waals surface area contributed by atoms with E-state index < -0.39 is 18.1 Å². The van der Waals surface area contributed by atoms with E-state index in [1.165, 1.54) is 0 Å². The molecule has 2 atom stereocenters. The molecule has 0 aliphatic carbocycles. The van der Waals surface area contributed by atoms with Crippen LogP contribution in [-0.4, -0.2) is 80.6 Å². The number of esters is 2. The highest BCUT2D eigenvalue weighted by molar-refractivity contribution is 5.72. The van der Waals surface area contributed by atoms with Crippen LogP contribution >= 0.6 is 0 Å². The van der Waals surface area contributed by atoms with Crippen LogP contribution in [0.15, 0.2) is 36.5 Å². The number of unbranched alkanes of at least 4 members (excludes halogenated alkanes) is 3. The zero-order valence-corrected chi connectivity index (χ0v) is 23.7. The maximum atomic E-state index is 12.3. The van der Waals surface area contributed by atoms with Gasteiger partial charge in [-0.2, -0.15) is 0 Å². The molecule has 2 unspecified atom stereocenters. The normalized spacial score (nSPS) is 13.9. The molecule has 212 valence electrons. The lowest BCUT2D eigenvalue weighted by molar-refractivity contribution is -0.887. The van der Waals surface area contributed by atoms with Crippen molar-refractivity contribution < 1.29 is 38.2 Å². The van der Waals surface area contributed by atoms with Crippen LogP contribution in [0.1, 0.15) is 78.1 Å². The van der Waals surface area contributed by atoms with Crippen LogP contribution in [0.5, 0.6) is 0 Å². The minimum Gasteiger partial charge on any atom is -0.477 e. The van der Waals surface area contributed by atoms with Crippen molar-refractivity contribution in [2.75, 3.05) is 41.0 Å². The summed E-state index contributed by atoms with van der Waals surface area (Å²) in [6.07, 6.45) is 19.7. The smallest absolute Gasteiger partial charge is 0.362 e. The van der Waals surface area contributed by atoms with Crippen molar-refractivity contribution in [1.29, 1.82) is 0 Å². The average Bonchev–Trinajstić information content (AvgIpc) is 2.83. The third-order valence-corrected chi connectivity index (χ3v) is 5.61. The van der Waals surface area contributed by atoms with Crippen molar-refractivity contribution in [2.24, 2.45) is 0 Å². The summed E-state index contributed by atoms with van der Waals surface area (Å²) in [4.78, 5) is 35.3. The summed E-state index contributed by atoms with van der Waals surface area (Å²) in [6.45, 7) is 3.97. The number of carbonyl (C=O) groups is 3. The molecule has 0 radical (unpaired) electrons. The first-order valence-corrected chi connectivity index (χ1v) is 13.5. The molecule has 0 aromatic carbocycles. The van der Waals surface area contributed by atoms with Crippen molar-refractivity contribution in [3.05, 3.63) is 36.5 Å². The summed E-state index contributed by atoms with van der Waals surface area (Å²) in [5.74, 6) is -1.62. The van der Waals surface area contributed by atoms with Gasteiger partial charge < -0.3 is 23.8 Å². The highest BCUT2D eigenvalue weighted by Crippen LogP contribution is 2.10. The summed E-state index contributed by atoms with van der Waals surface area (Å²) < 4.78 is 16.5. The monoisotopic (exact) mass is 524 g/mol. The maximum Gasteiger partial charge on any atom is 0.362 e. The van der Waals surface area contributed by atoms with Crippen molar-refractivity contribution >= 4 is 17.9 Å². The van der Waals surface area contributed by atoms with Gasteiger partial charge >= 0.3 is 17.9 Å². The van der Waals surface area contributed by atoms with Gasteiger partial charge in [-0.3, -0.25) is 9.59 Å². The first-order valence-electron chi connectivity index (χ1n) is 13.5. The fourth-order valence-electron chi connectivity index (χ4n) is 3.44. The Bertz CT molecular complexity index is 722. The topological polar surface area (TPSA) is 99.1 Å². The zero-order chi connectivity index (χ0) is 27.9. The lowest BCUT2D eigenvalue weighted by Crippen LogP contribution is -2.50. The number of quaternary nitrogens is 1. The second-order valence-corrected chi connectivity index (χ2v) is 9.88. The number of ether oxygens (including phenoxy) is 3. The van der Waals surface area contributed by atoms with Gasteiger partial charge in [0.15, 0.2) is 12.1 Å². The molecule has 0 amide bonds. The van der Waals surface area contributed by atoms with Crippen LogP contribution in [0.3, 0.4) is 0 Å². The van der Waals surface area contributed by atoms with E-state index in [9.17, 15) is 19.5 Å².